The molecule has 0 aliphatic carbocycles. The maximum absolute atomic E-state index is 12.6. The van der Waals surface area contributed by atoms with Crippen LogP contribution in [0.3, 0.4) is 0 Å². The van der Waals surface area contributed by atoms with Gasteiger partial charge in [-0.05, 0) is 61.9 Å². The molecule has 6 heteroatoms. The maximum Gasteiger partial charge on any atom is 0.266 e. The zero-order valence-corrected chi connectivity index (χ0v) is 16.9. The SMILES string of the molecule is CCOc1ccc(NC(=O)C[n+]2cc(-c3ccc(OC)cc3)n3c2CCC3)cc1. The number of carbonyl (C=O) groups is 1. The molecule has 0 spiro atoms. The van der Waals surface area contributed by atoms with Gasteiger partial charge < -0.3 is 14.8 Å². The van der Waals surface area contributed by atoms with E-state index in [0.717, 1.165) is 47.8 Å². The molecule has 29 heavy (non-hydrogen) atoms. The van der Waals surface area contributed by atoms with Gasteiger partial charge in [0.1, 0.15) is 17.7 Å². The van der Waals surface area contributed by atoms with Crippen LogP contribution in [0.5, 0.6) is 11.5 Å². The molecule has 2 aromatic carbocycles. The molecule has 0 fully saturated rings. The lowest BCUT2D eigenvalue weighted by Gasteiger charge is -2.06. The number of hydrogen-bond donors (Lipinski definition) is 1. The van der Waals surface area contributed by atoms with E-state index in [9.17, 15) is 4.79 Å². The number of fused-ring (bicyclic) bond motifs is 1. The van der Waals surface area contributed by atoms with Crippen LogP contribution in [0.4, 0.5) is 5.69 Å². The minimum Gasteiger partial charge on any atom is -0.497 e. The number of anilines is 1. The van der Waals surface area contributed by atoms with Crippen LogP contribution >= 0.6 is 0 Å². The smallest absolute Gasteiger partial charge is 0.266 e. The molecule has 0 unspecified atom stereocenters. The van der Waals surface area contributed by atoms with E-state index in [0.29, 0.717) is 13.2 Å². The van der Waals surface area contributed by atoms with Gasteiger partial charge in [-0.1, -0.05) is 0 Å². The lowest BCUT2D eigenvalue weighted by molar-refractivity contribution is -0.690. The quantitative estimate of drug-likeness (QED) is 0.627. The van der Waals surface area contributed by atoms with Gasteiger partial charge in [0.05, 0.1) is 26.7 Å². The molecular weight excluding hydrogens is 366 g/mol. The van der Waals surface area contributed by atoms with E-state index in [4.69, 9.17) is 9.47 Å². The molecule has 0 atom stereocenters. The van der Waals surface area contributed by atoms with Crippen LogP contribution in [0.2, 0.25) is 0 Å². The molecule has 0 saturated heterocycles. The van der Waals surface area contributed by atoms with Gasteiger partial charge in [-0.3, -0.25) is 4.79 Å². The summed E-state index contributed by atoms with van der Waals surface area (Å²) in [6, 6.07) is 15.5. The maximum atomic E-state index is 12.6. The molecule has 2 heterocycles. The Bertz CT molecular complexity index is 991. The first-order valence-electron chi connectivity index (χ1n) is 9.97. The third-order valence-electron chi connectivity index (χ3n) is 5.14. The number of rotatable bonds is 7. The highest BCUT2D eigenvalue weighted by Gasteiger charge is 2.29. The first-order chi connectivity index (χ1) is 14.2. The van der Waals surface area contributed by atoms with E-state index >= 15 is 0 Å². The second kappa shape index (κ2) is 8.39. The molecule has 1 aromatic heterocycles. The van der Waals surface area contributed by atoms with Gasteiger partial charge in [-0.15, -0.1) is 0 Å². The normalized spacial score (nSPS) is 12.5. The topological polar surface area (TPSA) is 56.4 Å². The zero-order chi connectivity index (χ0) is 20.2. The number of methoxy groups -OCH3 is 1. The second-order valence-corrected chi connectivity index (χ2v) is 7.05. The summed E-state index contributed by atoms with van der Waals surface area (Å²) in [7, 11) is 1.67. The van der Waals surface area contributed by atoms with Gasteiger partial charge in [-0.25, -0.2) is 9.13 Å². The van der Waals surface area contributed by atoms with Crippen molar-refractivity contribution in [3.05, 3.63) is 60.6 Å². The van der Waals surface area contributed by atoms with E-state index < -0.39 is 0 Å². The number of ether oxygens (including phenoxy) is 2. The molecular formula is C23H26N3O3+. The van der Waals surface area contributed by atoms with E-state index in [1.54, 1.807) is 7.11 Å². The minimum absolute atomic E-state index is 0.0410. The summed E-state index contributed by atoms with van der Waals surface area (Å²) in [4.78, 5) is 12.6. The summed E-state index contributed by atoms with van der Waals surface area (Å²) >= 11 is 0. The van der Waals surface area contributed by atoms with Crippen LogP contribution in [0.25, 0.3) is 11.3 Å². The van der Waals surface area contributed by atoms with E-state index in [2.05, 4.69) is 32.8 Å². The minimum atomic E-state index is -0.0410. The summed E-state index contributed by atoms with van der Waals surface area (Å²) < 4.78 is 15.1. The highest BCUT2D eigenvalue weighted by molar-refractivity contribution is 5.89. The van der Waals surface area contributed by atoms with Crippen LogP contribution in [-0.4, -0.2) is 24.2 Å². The number of aromatic nitrogens is 2. The van der Waals surface area contributed by atoms with Crippen molar-refractivity contribution < 1.29 is 18.8 Å². The standard InChI is InChI=1S/C23H25N3O3/c1-3-29-20-12-8-18(9-13-20)24-22(27)16-25-15-21(26-14-4-5-23(25)26)17-6-10-19(28-2)11-7-17/h6-13,15H,3-5,14,16H2,1-2H3/p+1. The Balaban J connectivity index is 1.50. The first-order valence-corrected chi connectivity index (χ1v) is 9.97. The highest BCUT2D eigenvalue weighted by Crippen LogP contribution is 2.26. The Morgan fingerprint density at radius 2 is 1.83 bits per heavy atom. The summed E-state index contributed by atoms with van der Waals surface area (Å²) in [5.74, 6) is 2.79. The fourth-order valence-corrected chi connectivity index (χ4v) is 3.79. The Hall–Kier alpha value is -3.28. The average Bonchev–Trinajstić information content (AvgIpc) is 3.34. The van der Waals surface area contributed by atoms with Crippen LogP contribution in [-0.2, 0) is 24.3 Å². The molecule has 0 radical (unpaired) electrons. The molecule has 6 nitrogen and oxygen atoms in total. The molecule has 1 N–H and O–H groups in total. The summed E-state index contributed by atoms with van der Waals surface area (Å²) in [6.45, 7) is 3.84. The second-order valence-electron chi connectivity index (χ2n) is 7.05. The van der Waals surface area contributed by atoms with Crippen molar-refractivity contribution >= 4 is 11.6 Å². The molecule has 1 aliphatic heterocycles. The summed E-state index contributed by atoms with van der Waals surface area (Å²) in [6.07, 6.45) is 4.15. The number of nitrogens with zero attached hydrogens (tertiary/aromatic N) is 2. The van der Waals surface area contributed by atoms with Gasteiger partial charge in [-0.2, -0.15) is 0 Å². The van der Waals surface area contributed by atoms with Crippen molar-refractivity contribution in [3.63, 3.8) is 0 Å². The molecule has 1 aliphatic rings. The number of hydrogen-bond acceptors (Lipinski definition) is 3. The van der Waals surface area contributed by atoms with Crippen LogP contribution < -0.4 is 19.4 Å². The van der Waals surface area contributed by atoms with Crippen LogP contribution in [0, 0.1) is 0 Å². The molecule has 0 bridgehead atoms. The van der Waals surface area contributed by atoms with E-state index in [-0.39, 0.29) is 5.91 Å². The Morgan fingerprint density at radius 3 is 2.52 bits per heavy atom. The highest BCUT2D eigenvalue weighted by atomic mass is 16.5. The fraction of sp³-hybridized carbons (Fsp3) is 0.304. The van der Waals surface area contributed by atoms with Gasteiger partial charge >= 0.3 is 0 Å². The third kappa shape index (κ3) is 4.11. The molecule has 1 amide bonds. The van der Waals surface area contributed by atoms with Crippen molar-refractivity contribution in [2.75, 3.05) is 19.0 Å². The van der Waals surface area contributed by atoms with Crippen molar-refractivity contribution in [2.24, 2.45) is 0 Å². The predicted molar refractivity (Wildman–Crippen MR) is 111 cm³/mol. The van der Waals surface area contributed by atoms with Gasteiger partial charge in [0.15, 0.2) is 12.2 Å². The Morgan fingerprint density at radius 1 is 1.10 bits per heavy atom. The lowest BCUT2D eigenvalue weighted by atomic mass is 10.1. The van der Waals surface area contributed by atoms with Crippen molar-refractivity contribution in [1.29, 1.82) is 0 Å². The first kappa shape index (κ1) is 19.1. The lowest BCUT2D eigenvalue weighted by Crippen LogP contribution is -2.42. The van der Waals surface area contributed by atoms with Crippen LogP contribution in [0.1, 0.15) is 19.2 Å². The van der Waals surface area contributed by atoms with Crippen LogP contribution in [0.15, 0.2) is 54.7 Å². The number of amides is 1. The summed E-state index contributed by atoms with van der Waals surface area (Å²) in [5, 5.41) is 2.97. The average molecular weight is 392 g/mol. The largest absolute Gasteiger partial charge is 0.497 e. The number of carbonyl (C=O) groups excluding carboxylic acids is 1. The van der Waals surface area contributed by atoms with Crippen molar-refractivity contribution in [2.45, 2.75) is 32.9 Å². The molecule has 150 valence electrons. The Kier molecular flexibility index (Phi) is 5.51. The molecule has 4 rings (SSSR count). The van der Waals surface area contributed by atoms with E-state index in [1.165, 1.54) is 5.82 Å². The molecule has 3 aromatic rings. The summed E-state index contributed by atoms with van der Waals surface area (Å²) in [5.41, 5.74) is 3.03. The van der Waals surface area contributed by atoms with Gasteiger partial charge in [0.2, 0.25) is 0 Å². The fourth-order valence-electron chi connectivity index (χ4n) is 3.79. The van der Waals surface area contributed by atoms with E-state index in [1.807, 2.05) is 43.3 Å². The number of benzene rings is 2. The van der Waals surface area contributed by atoms with Gasteiger partial charge in [0, 0.05) is 11.3 Å². The molecule has 0 saturated carbocycles. The predicted octanol–water partition coefficient (Wildman–Crippen LogP) is 3.43. The number of imidazole rings is 1. The third-order valence-corrected chi connectivity index (χ3v) is 5.14. The van der Waals surface area contributed by atoms with Crippen molar-refractivity contribution in [3.8, 4) is 22.8 Å². The number of nitrogens with one attached hydrogen (secondary N) is 1. The monoisotopic (exact) mass is 392 g/mol. The van der Waals surface area contributed by atoms with Gasteiger partial charge in [0.25, 0.3) is 11.7 Å². The van der Waals surface area contributed by atoms with Crippen molar-refractivity contribution in [1.82, 2.24) is 4.57 Å². The Labute approximate surface area is 170 Å². The zero-order valence-electron chi connectivity index (χ0n) is 16.9.